The Morgan fingerprint density at radius 3 is 2.44 bits per heavy atom. The second-order valence-corrected chi connectivity index (χ2v) is 5.82. The number of hydrogen-bond acceptors (Lipinski definition) is 2. The van der Waals surface area contributed by atoms with Crippen LogP contribution in [0.4, 0.5) is 0 Å². The third kappa shape index (κ3) is 3.74. The summed E-state index contributed by atoms with van der Waals surface area (Å²) in [4.78, 5) is 2.63. The molecule has 2 rings (SSSR count). The van der Waals surface area contributed by atoms with Crippen molar-refractivity contribution >= 4 is 0 Å². The predicted octanol–water partition coefficient (Wildman–Crippen LogP) is 2.50. The third-order valence-corrected chi connectivity index (χ3v) is 4.30. The Hall–Kier alpha value is -0.0800. The Labute approximate surface area is 101 Å². The maximum atomic E-state index is 3.74. The number of nitrogens with zero attached hydrogens (tertiary/aromatic N) is 1. The second-order valence-electron chi connectivity index (χ2n) is 5.82. The minimum Gasteiger partial charge on any atom is -0.314 e. The maximum absolute atomic E-state index is 3.74. The molecule has 1 aliphatic carbocycles. The highest BCUT2D eigenvalue weighted by Crippen LogP contribution is 2.28. The fourth-order valence-electron chi connectivity index (χ4n) is 2.83. The lowest BCUT2D eigenvalue weighted by molar-refractivity contribution is 0.162. The van der Waals surface area contributed by atoms with E-state index < -0.39 is 0 Å². The van der Waals surface area contributed by atoms with Crippen LogP contribution in [0.1, 0.15) is 46.0 Å². The summed E-state index contributed by atoms with van der Waals surface area (Å²) < 4.78 is 0. The predicted molar refractivity (Wildman–Crippen MR) is 69.6 cm³/mol. The van der Waals surface area contributed by atoms with Crippen LogP contribution >= 0.6 is 0 Å². The molecule has 0 bridgehead atoms. The van der Waals surface area contributed by atoms with Crippen LogP contribution in [0.3, 0.4) is 0 Å². The van der Waals surface area contributed by atoms with Crippen molar-refractivity contribution in [2.75, 3.05) is 26.2 Å². The second kappa shape index (κ2) is 6.02. The van der Waals surface area contributed by atoms with Gasteiger partial charge in [-0.1, -0.05) is 6.92 Å². The number of likely N-dealkylation sites (tertiary alicyclic amines) is 1. The van der Waals surface area contributed by atoms with E-state index >= 15 is 0 Å². The van der Waals surface area contributed by atoms with Gasteiger partial charge in [-0.05, 0) is 77.0 Å². The smallest absolute Gasteiger partial charge is 0.00680 e. The van der Waals surface area contributed by atoms with Crippen molar-refractivity contribution in [3.8, 4) is 0 Å². The molecule has 0 radical (unpaired) electrons. The molecule has 1 saturated carbocycles. The first-order chi connectivity index (χ1) is 7.79. The zero-order valence-corrected chi connectivity index (χ0v) is 11.0. The molecule has 2 aliphatic rings. The zero-order chi connectivity index (χ0) is 11.4. The first-order valence-electron chi connectivity index (χ1n) is 7.25. The van der Waals surface area contributed by atoms with E-state index in [4.69, 9.17) is 0 Å². The standard InChI is InChI=1S/C14H28N2/c1-3-8-16-9-6-14(7-10-16)12(2)15-11-13-4-5-13/h12-15H,3-11H2,1-2H3. The van der Waals surface area contributed by atoms with Gasteiger partial charge in [0.2, 0.25) is 0 Å². The first kappa shape index (κ1) is 12.4. The monoisotopic (exact) mass is 224 g/mol. The van der Waals surface area contributed by atoms with E-state index in [1.165, 1.54) is 58.3 Å². The van der Waals surface area contributed by atoms with Crippen molar-refractivity contribution in [2.45, 2.75) is 52.0 Å². The summed E-state index contributed by atoms with van der Waals surface area (Å²) >= 11 is 0. The Morgan fingerprint density at radius 2 is 1.88 bits per heavy atom. The highest BCUT2D eigenvalue weighted by molar-refractivity contribution is 4.82. The summed E-state index contributed by atoms with van der Waals surface area (Å²) in [5, 5.41) is 3.74. The molecule has 2 nitrogen and oxygen atoms in total. The number of rotatable bonds is 6. The van der Waals surface area contributed by atoms with Crippen molar-refractivity contribution in [1.82, 2.24) is 10.2 Å². The summed E-state index contributed by atoms with van der Waals surface area (Å²) in [5.74, 6) is 1.94. The van der Waals surface area contributed by atoms with Crippen molar-refractivity contribution in [3.63, 3.8) is 0 Å². The van der Waals surface area contributed by atoms with Crippen molar-refractivity contribution in [3.05, 3.63) is 0 Å². The van der Waals surface area contributed by atoms with Gasteiger partial charge in [0.1, 0.15) is 0 Å². The number of hydrogen-bond donors (Lipinski definition) is 1. The minimum atomic E-state index is 0.740. The van der Waals surface area contributed by atoms with E-state index in [0.717, 1.165) is 17.9 Å². The largest absolute Gasteiger partial charge is 0.314 e. The number of piperidine rings is 1. The average Bonchev–Trinajstić information content (AvgIpc) is 3.11. The van der Waals surface area contributed by atoms with E-state index in [9.17, 15) is 0 Å². The van der Waals surface area contributed by atoms with Gasteiger partial charge in [0, 0.05) is 6.04 Å². The molecule has 1 heterocycles. The Morgan fingerprint density at radius 1 is 1.19 bits per heavy atom. The lowest BCUT2D eigenvalue weighted by Crippen LogP contribution is -2.42. The molecule has 0 aromatic heterocycles. The molecule has 2 heteroatoms. The molecule has 1 atom stereocenters. The SMILES string of the molecule is CCCN1CCC(C(C)NCC2CC2)CC1. The van der Waals surface area contributed by atoms with Crippen LogP contribution < -0.4 is 5.32 Å². The van der Waals surface area contributed by atoms with Crippen molar-refractivity contribution in [1.29, 1.82) is 0 Å². The van der Waals surface area contributed by atoms with Gasteiger partial charge < -0.3 is 10.2 Å². The van der Waals surface area contributed by atoms with Gasteiger partial charge in [-0.3, -0.25) is 0 Å². The quantitative estimate of drug-likeness (QED) is 0.746. The van der Waals surface area contributed by atoms with Crippen LogP contribution in [-0.2, 0) is 0 Å². The average molecular weight is 224 g/mol. The molecule has 94 valence electrons. The van der Waals surface area contributed by atoms with Crippen LogP contribution in [0.2, 0.25) is 0 Å². The fraction of sp³-hybridized carbons (Fsp3) is 1.00. The van der Waals surface area contributed by atoms with E-state index in [0.29, 0.717) is 0 Å². The molecule has 0 aromatic carbocycles. The van der Waals surface area contributed by atoms with Crippen LogP contribution in [0, 0.1) is 11.8 Å². The van der Waals surface area contributed by atoms with Gasteiger partial charge in [-0.25, -0.2) is 0 Å². The molecule has 1 saturated heterocycles. The Bertz CT molecular complexity index is 193. The Kier molecular flexibility index (Phi) is 4.66. The Balaban J connectivity index is 1.62. The van der Waals surface area contributed by atoms with Gasteiger partial charge in [0.05, 0.1) is 0 Å². The summed E-state index contributed by atoms with van der Waals surface area (Å²) in [6.07, 6.45) is 7.04. The van der Waals surface area contributed by atoms with Gasteiger partial charge in [0.25, 0.3) is 0 Å². The van der Waals surface area contributed by atoms with Crippen LogP contribution in [0.25, 0.3) is 0 Å². The summed E-state index contributed by atoms with van der Waals surface area (Å²) in [5.41, 5.74) is 0. The summed E-state index contributed by atoms with van der Waals surface area (Å²) in [6, 6.07) is 0.740. The normalized spacial score (nSPS) is 25.9. The molecular formula is C14H28N2. The van der Waals surface area contributed by atoms with Crippen LogP contribution in [0.15, 0.2) is 0 Å². The number of nitrogens with one attached hydrogen (secondary N) is 1. The molecule has 0 aromatic rings. The molecule has 1 N–H and O–H groups in total. The van der Waals surface area contributed by atoms with E-state index in [1.54, 1.807) is 0 Å². The van der Waals surface area contributed by atoms with Crippen molar-refractivity contribution in [2.24, 2.45) is 11.8 Å². The molecule has 2 fully saturated rings. The van der Waals surface area contributed by atoms with E-state index in [1.807, 2.05) is 0 Å². The summed E-state index contributed by atoms with van der Waals surface area (Å²) in [6.45, 7) is 9.91. The molecule has 0 spiro atoms. The first-order valence-corrected chi connectivity index (χ1v) is 7.25. The lowest BCUT2D eigenvalue weighted by atomic mass is 9.90. The minimum absolute atomic E-state index is 0.740. The molecule has 0 amide bonds. The van der Waals surface area contributed by atoms with Gasteiger partial charge in [0.15, 0.2) is 0 Å². The van der Waals surface area contributed by atoms with Crippen LogP contribution in [0.5, 0.6) is 0 Å². The van der Waals surface area contributed by atoms with E-state index in [2.05, 4.69) is 24.1 Å². The maximum Gasteiger partial charge on any atom is 0.00680 e. The molecular weight excluding hydrogens is 196 g/mol. The highest BCUT2D eigenvalue weighted by atomic mass is 15.1. The topological polar surface area (TPSA) is 15.3 Å². The van der Waals surface area contributed by atoms with Crippen molar-refractivity contribution < 1.29 is 0 Å². The summed E-state index contributed by atoms with van der Waals surface area (Å²) in [7, 11) is 0. The zero-order valence-electron chi connectivity index (χ0n) is 11.0. The van der Waals surface area contributed by atoms with Gasteiger partial charge in [-0.15, -0.1) is 0 Å². The van der Waals surface area contributed by atoms with Gasteiger partial charge in [-0.2, -0.15) is 0 Å². The third-order valence-electron chi connectivity index (χ3n) is 4.30. The lowest BCUT2D eigenvalue weighted by Gasteiger charge is -2.35. The van der Waals surface area contributed by atoms with Crippen LogP contribution in [-0.4, -0.2) is 37.1 Å². The molecule has 1 aliphatic heterocycles. The highest BCUT2D eigenvalue weighted by Gasteiger charge is 2.26. The molecule has 16 heavy (non-hydrogen) atoms. The fourth-order valence-corrected chi connectivity index (χ4v) is 2.83. The molecule has 1 unspecified atom stereocenters. The van der Waals surface area contributed by atoms with Gasteiger partial charge >= 0.3 is 0 Å². The van der Waals surface area contributed by atoms with E-state index in [-0.39, 0.29) is 0 Å².